The monoisotopic (exact) mass is 499 g/mol. The third-order valence-corrected chi connectivity index (χ3v) is 6.48. The number of nitrogens with one attached hydrogen (secondary N) is 1. The van der Waals surface area contributed by atoms with E-state index in [4.69, 9.17) is 4.74 Å². The molecular weight excluding hydrogens is 466 g/mol. The number of amides is 2. The number of fused-ring (bicyclic) bond motifs is 1. The van der Waals surface area contributed by atoms with Crippen LogP contribution in [0.2, 0.25) is 0 Å². The first-order valence-electron chi connectivity index (χ1n) is 12.6. The Morgan fingerprint density at radius 3 is 2.49 bits per heavy atom. The van der Waals surface area contributed by atoms with E-state index < -0.39 is 11.9 Å². The Morgan fingerprint density at radius 1 is 1.03 bits per heavy atom. The van der Waals surface area contributed by atoms with E-state index in [2.05, 4.69) is 11.4 Å². The highest BCUT2D eigenvalue weighted by Gasteiger charge is 2.19. The smallest absolute Gasteiger partial charge is 0.306 e. The molecule has 1 N–H and O–H groups in total. The van der Waals surface area contributed by atoms with Gasteiger partial charge in [0.15, 0.2) is 6.61 Å². The average Bonchev–Trinajstić information content (AvgIpc) is 2.92. The van der Waals surface area contributed by atoms with Crippen molar-refractivity contribution in [2.45, 2.75) is 46.0 Å². The molecule has 37 heavy (non-hydrogen) atoms. The highest BCUT2D eigenvalue weighted by Crippen LogP contribution is 2.28. The average molecular weight is 500 g/mol. The van der Waals surface area contributed by atoms with Gasteiger partial charge in [0.05, 0.1) is 17.6 Å². The molecule has 1 atom stereocenters. The number of esters is 1. The molecule has 0 saturated heterocycles. The lowest BCUT2D eigenvalue weighted by molar-refractivity contribution is -0.152. The maximum absolute atomic E-state index is 13.2. The van der Waals surface area contributed by atoms with Crippen LogP contribution in [0.25, 0.3) is 10.8 Å². The zero-order valence-corrected chi connectivity index (χ0v) is 21.6. The van der Waals surface area contributed by atoms with Crippen molar-refractivity contribution in [1.29, 1.82) is 5.26 Å². The van der Waals surface area contributed by atoms with E-state index in [9.17, 15) is 19.6 Å². The number of aryl methyl sites for hydroxylation is 1. The number of hydrogen-bond donors (Lipinski definition) is 1. The highest BCUT2D eigenvalue weighted by atomic mass is 16.5. The van der Waals surface area contributed by atoms with Crippen molar-refractivity contribution >= 4 is 34.2 Å². The molecule has 1 unspecified atom stereocenters. The van der Waals surface area contributed by atoms with Crippen LogP contribution in [-0.4, -0.2) is 42.4 Å². The van der Waals surface area contributed by atoms with Gasteiger partial charge in [0.25, 0.3) is 5.91 Å². The minimum absolute atomic E-state index is 0.144. The third-order valence-electron chi connectivity index (χ3n) is 6.48. The van der Waals surface area contributed by atoms with Gasteiger partial charge in [-0.15, -0.1) is 0 Å². The molecule has 7 nitrogen and oxygen atoms in total. The summed E-state index contributed by atoms with van der Waals surface area (Å²) in [5.41, 5.74) is 2.74. The molecule has 0 aliphatic heterocycles. The van der Waals surface area contributed by atoms with Gasteiger partial charge in [0, 0.05) is 25.2 Å². The molecule has 0 aliphatic rings. The topological polar surface area (TPSA) is 99.5 Å². The number of hydrogen-bond acceptors (Lipinski definition) is 5. The normalized spacial score (nSPS) is 11.4. The van der Waals surface area contributed by atoms with Crippen molar-refractivity contribution < 1.29 is 19.1 Å². The second kappa shape index (κ2) is 13.2. The summed E-state index contributed by atoms with van der Waals surface area (Å²) in [4.78, 5) is 39.0. The van der Waals surface area contributed by atoms with Gasteiger partial charge in [-0.3, -0.25) is 14.4 Å². The third kappa shape index (κ3) is 7.17. The van der Waals surface area contributed by atoms with E-state index >= 15 is 0 Å². The van der Waals surface area contributed by atoms with Crippen molar-refractivity contribution in [3.05, 3.63) is 77.4 Å². The Kier molecular flexibility index (Phi) is 9.79. The summed E-state index contributed by atoms with van der Waals surface area (Å²) in [6, 6.07) is 21.1. The van der Waals surface area contributed by atoms with Gasteiger partial charge >= 0.3 is 5.97 Å². The van der Waals surface area contributed by atoms with Crippen molar-refractivity contribution in [2.24, 2.45) is 0 Å². The second-order valence-electron chi connectivity index (χ2n) is 8.84. The molecular formula is C30H33N3O4. The molecule has 0 bridgehead atoms. The lowest BCUT2D eigenvalue weighted by Crippen LogP contribution is -2.34. The second-order valence-corrected chi connectivity index (χ2v) is 8.84. The summed E-state index contributed by atoms with van der Waals surface area (Å²) in [7, 11) is 0. The molecule has 192 valence electrons. The summed E-state index contributed by atoms with van der Waals surface area (Å²) >= 11 is 0. The zero-order chi connectivity index (χ0) is 26.8. The predicted molar refractivity (Wildman–Crippen MR) is 144 cm³/mol. The van der Waals surface area contributed by atoms with E-state index in [0.717, 1.165) is 21.9 Å². The van der Waals surface area contributed by atoms with Crippen LogP contribution in [0.4, 0.5) is 5.69 Å². The maximum Gasteiger partial charge on any atom is 0.306 e. The minimum Gasteiger partial charge on any atom is -0.456 e. The molecule has 0 fully saturated rings. The van der Waals surface area contributed by atoms with Crippen LogP contribution in [0, 0.1) is 11.3 Å². The molecule has 0 aliphatic carbocycles. The van der Waals surface area contributed by atoms with Gasteiger partial charge in [0.2, 0.25) is 5.91 Å². The Labute approximate surface area is 218 Å². The lowest BCUT2D eigenvalue weighted by atomic mass is 9.94. The molecule has 0 spiro atoms. The number of anilines is 1. The number of carbonyl (C=O) groups is 3. The zero-order valence-electron chi connectivity index (χ0n) is 21.6. The minimum atomic E-state index is -0.440. The van der Waals surface area contributed by atoms with E-state index in [0.29, 0.717) is 37.2 Å². The van der Waals surface area contributed by atoms with Crippen LogP contribution < -0.4 is 5.32 Å². The molecule has 3 rings (SSSR count). The van der Waals surface area contributed by atoms with Crippen molar-refractivity contribution in [3.8, 4) is 6.07 Å². The molecule has 0 saturated carbocycles. The van der Waals surface area contributed by atoms with Gasteiger partial charge in [-0.2, -0.15) is 5.26 Å². The number of likely N-dealkylation sites (N-methyl/N-ethyl adjacent to an activating group) is 1. The Morgan fingerprint density at radius 2 is 1.76 bits per heavy atom. The molecule has 3 aromatic carbocycles. The van der Waals surface area contributed by atoms with Crippen molar-refractivity contribution in [3.63, 3.8) is 0 Å². The number of carbonyl (C=O) groups excluding carboxylic acids is 3. The van der Waals surface area contributed by atoms with Crippen LogP contribution in [0.15, 0.2) is 60.7 Å². The van der Waals surface area contributed by atoms with Crippen LogP contribution in [-0.2, 0) is 25.5 Å². The molecule has 0 radical (unpaired) electrons. The summed E-state index contributed by atoms with van der Waals surface area (Å²) < 4.78 is 5.13. The van der Waals surface area contributed by atoms with Gasteiger partial charge in [-0.1, -0.05) is 48.5 Å². The first-order chi connectivity index (χ1) is 17.9. The van der Waals surface area contributed by atoms with Crippen LogP contribution in [0.3, 0.4) is 0 Å². The van der Waals surface area contributed by atoms with Gasteiger partial charge in [-0.25, -0.2) is 0 Å². The van der Waals surface area contributed by atoms with Gasteiger partial charge < -0.3 is 15.0 Å². The van der Waals surface area contributed by atoms with Gasteiger partial charge in [-0.05, 0) is 67.6 Å². The number of rotatable bonds is 11. The summed E-state index contributed by atoms with van der Waals surface area (Å²) in [5.74, 6) is -1.25. The molecule has 3 aromatic rings. The highest BCUT2D eigenvalue weighted by molar-refractivity contribution is 5.99. The van der Waals surface area contributed by atoms with Crippen LogP contribution in [0.5, 0.6) is 0 Å². The number of nitriles is 1. The largest absolute Gasteiger partial charge is 0.456 e. The van der Waals surface area contributed by atoms with Crippen molar-refractivity contribution in [1.82, 2.24) is 4.90 Å². The van der Waals surface area contributed by atoms with E-state index in [-0.39, 0.29) is 24.8 Å². The van der Waals surface area contributed by atoms with E-state index in [1.807, 2.05) is 63.2 Å². The van der Waals surface area contributed by atoms with E-state index in [1.54, 1.807) is 23.1 Å². The Bertz CT molecular complexity index is 1300. The quantitative estimate of drug-likeness (QED) is 0.366. The molecule has 2 amide bonds. The summed E-state index contributed by atoms with van der Waals surface area (Å²) in [5, 5.41) is 14.5. The first kappa shape index (κ1) is 27.4. The maximum atomic E-state index is 13.2. The number of nitrogens with zero attached hydrogens (tertiary/aromatic N) is 2. The van der Waals surface area contributed by atoms with Gasteiger partial charge in [0.1, 0.15) is 0 Å². The fourth-order valence-electron chi connectivity index (χ4n) is 4.30. The predicted octanol–water partition coefficient (Wildman–Crippen LogP) is 5.19. The fourth-order valence-corrected chi connectivity index (χ4v) is 4.30. The van der Waals surface area contributed by atoms with Crippen LogP contribution in [0.1, 0.15) is 56.2 Å². The first-order valence-corrected chi connectivity index (χ1v) is 12.6. The fraction of sp³-hybridized carbons (Fsp3) is 0.333. The molecule has 0 aromatic heterocycles. The molecule has 7 heteroatoms. The summed E-state index contributed by atoms with van der Waals surface area (Å²) in [6.07, 6.45) is 1.13. The van der Waals surface area contributed by atoms with E-state index in [1.165, 1.54) is 0 Å². The lowest BCUT2D eigenvalue weighted by Gasteiger charge is -2.18. The Balaban J connectivity index is 1.65. The van der Waals surface area contributed by atoms with Crippen LogP contribution >= 0.6 is 0 Å². The Hall–Kier alpha value is -4.18. The SMILES string of the molecule is CCN(CC)C(=O)COC(=O)CCCc1ccc(C#N)cc1NC(=O)C(C)c1cccc2ccccc12. The molecule has 0 heterocycles. The number of benzene rings is 3. The standard InChI is InChI=1S/C30H33N3O4/c1-4-33(5-2)28(34)20-37-29(35)15-9-12-24-17-16-22(19-31)18-27(24)32-30(36)21(3)25-14-8-11-23-10-6-7-13-26(23)25/h6-8,10-11,13-14,16-18,21H,4-5,9,12,15,20H2,1-3H3,(H,32,36). The number of ether oxygens (including phenoxy) is 1. The summed E-state index contributed by atoms with van der Waals surface area (Å²) in [6.45, 7) is 6.49. The van der Waals surface area contributed by atoms with Crippen molar-refractivity contribution in [2.75, 3.05) is 25.0 Å².